The highest BCUT2D eigenvalue weighted by Gasteiger charge is 2.42. The second kappa shape index (κ2) is 5.36. The fraction of sp³-hybridized carbons (Fsp3) is 1.00. The van der Waals surface area contributed by atoms with E-state index in [1.807, 2.05) is 0 Å². The molecule has 0 spiro atoms. The molecule has 1 aliphatic carbocycles. The number of halogens is 3. The Morgan fingerprint density at radius 3 is 2.44 bits per heavy atom. The van der Waals surface area contributed by atoms with Crippen molar-refractivity contribution in [2.24, 2.45) is 5.41 Å². The molecule has 1 rings (SSSR count). The van der Waals surface area contributed by atoms with Crippen molar-refractivity contribution in [2.45, 2.75) is 44.8 Å². The lowest BCUT2D eigenvalue weighted by molar-refractivity contribution is -0.139. The number of hydrogen-bond acceptors (Lipinski definition) is 2. The first-order chi connectivity index (χ1) is 7.37. The van der Waals surface area contributed by atoms with Crippen molar-refractivity contribution in [3.05, 3.63) is 0 Å². The van der Waals surface area contributed by atoms with E-state index in [9.17, 15) is 13.2 Å². The molecule has 1 N–H and O–H groups in total. The SMILES string of the molecule is COCCC1(CNC(C)CC(F)(F)F)CC1. The molecular formula is C11H20F3NO. The van der Waals surface area contributed by atoms with Gasteiger partial charge >= 0.3 is 6.18 Å². The summed E-state index contributed by atoms with van der Waals surface area (Å²) in [5.74, 6) is 0. The van der Waals surface area contributed by atoms with Gasteiger partial charge in [0.2, 0.25) is 0 Å². The van der Waals surface area contributed by atoms with E-state index in [1.165, 1.54) is 0 Å². The molecule has 1 aliphatic rings. The topological polar surface area (TPSA) is 21.3 Å². The summed E-state index contributed by atoms with van der Waals surface area (Å²) in [6.45, 7) is 2.95. The molecule has 1 saturated carbocycles. The maximum absolute atomic E-state index is 12.1. The molecule has 0 aromatic carbocycles. The monoisotopic (exact) mass is 239 g/mol. The highest BCUT2D eigenvalue weighted by atomic mass is 19.4. The average molecular weight is 239 g/mol. The predicted molar refractivity (Wildman–Crippen MR) is 56.3 cm³/mol. The van der Waals surface area contributed by atoms with E-state index in [-0.39, 0.29) is 5.41 Å². The van der Waals surface area contributed by atoms with Gasteiger partial charge in [0.05, 0.1) is 6.42 Å². The molecule has 5 heteroatoms. The van der Waals surface area contributed by atoms with Crippen LogP contribution in [-0.4, -0.2) is 32.5 Å². The van der Waals surface area contributed by atoms with Crippen molar-refractivity contribution >= 4 is 0 Å². The van der Waals surface area contributed by atoms with Crippen molar-refractivity contribution in [2.75, 3.05) is 20.3 Å². The highest BCUT2D eigenvalue weighted by molar-refractivity contribution is 4.95. The molecule has 0 aromatic rings. The molecule has 1 unspecified atom stereocenters. The van der Waals surface area contributed by atoms with E-state index < -0.39 is 18.6 Å². The third kappa shape index (κ3) is 5.16. The lowest BCUT2D eigenvalue weighted by Crippen LogP contribution is -2.35. The lowest BCUT2D eigenvalue weighted by Gasteiger charge is -2.20. The van der Waals surface area contributed by atoms with Crippen LogP contribution in [0.15, 0.2) is 0 Å². The molecule has 1 fully saturated rings. The first kappa shape index (κ1) is 13.8. The zero-order valence-electron chi connectivity index (χ0n) is 9.86. The van der Waals surface area contributed by atoms with Crippen molar-refractivity contribution < 1.29 is 17.9 Å². The zero-order chi connectivity index (χ0) is 12.2. The van der Waals surface area contributed by atoms with Crippen LogP contribution in [0.4, 0.5) is 13.2 Å². The molecule has 0 amide bonds. The standard InChI is InChI=1S/C11H20F3NO/c1-9(7-11(12,13)14)15-8-10(3-4-10)5-6-16-2/h9,15H,3-8H2,1-2H3. The third-order valence-electron chi connectivity index (χ3n) is 3.16. The molecule has 0 bridgehead atoms. The Morgan fingerprint density at radius 2 is 2.00 bits per heavy atom. The molecule has 1 atom stereocenters. The van der Waals surface area contributed by atoms with Crippen molar-refractivity contribution in [1.82, 2.24) is 5.32 Å². The van der Waals surface area contributed by atoms with Gasteiger partial charge in [-0.05, 0) is 31.6 Å². The Balaban J connectivity index is 2.19. The van der Waals surface area contributed by atoms with Gasteiger partial charge in [-0.1, -0.05) is 0 Å². The van der Waals surface area contributed by atoms with Gasteiger partial charge in [-0.2, -0.15) is 13.2 Å². The van der Waals surface area contributed by atoms with Crippen LogP contribution in [0.2, 0.25) is 0 Å². The van der Waals surface area contributed by atoms with Gasteiger partial charge in [0.15, 0.2) is 0 Å². The van der Waals surface area contributed by atoms with E-state index >= 15 is 0 Å². The molecule has 0 heterocycles. The van der Waals surface area contributed by atoms with Gasteiger partial charge < -0.3 is 10.1 Å². The second-order valence-electron chi connectivity index (χ2n) is 4.84. The fourth-order valence-corrected chi connectivity index (χ4v) is 1.82. The number of rotatable bonds is 7. The van der Waals surface area contributed by atoms with Crippen LogP contribution in [0.5, 0.6) is 0 Å². The summed E-state index contributed by atoms with van der Waals surface area (Å²) in [7, 11) is 1.65. The molecule has 0 saturated heterocycles. The molecule has 0 aliphatic heterocycles. The van der Waals surface area contributed by atoms with Crippen molar-refractivity contribution in [3.63, 3.8) is 0 Å². The maximum Gasteiger partial charge on any atom is 0.390 e. The van der Waals surface area contributed by atoms with Crippen LogP contribution in [0, 0.1) is 5.41 Å². The second-order valence-corrected chi connectivity index (χ2v) is 4.84. The zero-order valence-corrected chi connectivity index (χ0v) is 9.86. The summed E-state index contributed by atoms with van der Waals surface area (Å²) in [5.41, 5.74) is 0.204. The molecule has 2 nitrogen and oxygen atoms in total. The number of methoxy groups -OCH3 is 1. The van der Waals surface area contributed by atoms with Gasteiger partial charge in [-0.25, -0.2) is 0 Å². The Labute approximate surface area is 94.5 Å². The van der Waals surface area contributed by atoms with Crippen molar-refractivity contribution in [3.8, 4) is 0 Å². The van der Waals surface area contributed by atoms with Gasteiger partial charge in [-0.15, -0.1) is 0 Å². The number of ether oxygens (including phenoxy) is 1. The molecule has 16 heavy (non-hydrogen) atoms. The normalized spacial score (nSPS) is 20.8. The summed E-state index contributed by atoms with van der Waals surface area (Å²) in [5, 5.41) is 2.98. The quantitative estimate of drug-likeness (QED) is 0.737. The van der Waals surface area contributed by atoms with E-state index in [1.54, 1.807) is 14.0 Å². The maximum atomic E-state index is 12.1. The third-order valence-corrected chi connectivity index (χ3v) is 3.16. The van der Waals surface area contributed by atoms with Crippen LogP contribution in [0.3, 0.4) is 0 Å². The summed E-state index contributed by atoms with van der Waals surface area (Å²) in [6, 6.07) is -0.500. The van der Waals surface area contributed by atoms with Gasteiger partial charge in [-0.3, -0.25) is 0 Å². The average Bonchev–Trinajstić information content (AvgIpc) is 2.90. The summed E-state index contributed by atoms with van der Waals surface area (Å²) in [6.07, 6.45) is -1.69. The first-order valence-corrected chi connectivity index (χ1v) is 5.66. The Bertz CT molecular complexity index is 214. The Morgan fingerprint density at radius 1 is 1.38 bits per heavy atom. The van der Waals surface area contributed by atoms with Crippen LogP contribution in [0.1, 0.15) is 32.6 Å². The minimum Gasteiger partial charge on any atom is -0.385 e. The molecular weight excluding hydrogens is 219 g/mol. The van der Waals surface area contributed by atoms with E-state index in [2.05, 4.69) is 5.32 Å². The van der Waals surface area contributed by atoms with Crippen LogP contribution < -0.4 is 5.32 Å². The van der Waals surface area contributed by atoms with Crippen LogP contribution >= 0.6 is 0 Å². The minimum absolute atomic E-state index is 0.204. The first-order valence-electron chi connectivity index (χ1n) is 5.66. The highest BCUT2D eigenvalue weighted by Crippen LogP contribution is 2.48. The number of nitrogens with one attached hydrogen (secondary N) is 1. The molecule has 96 valence electrons. The Hall–Kier alpha value is -0.290. The smallest absolute Gasteiger partial charge is 0.385 e. The van der Waals surface area contributed by atoms with Gasteiger partial charge in [0.1, 0.15) is 0 Å². The summed E-state index contributed by atoms with van der Waals surface area (Å²) >= 11 is 0. The predicted octanol–water partition coefficient (Wildman–Crippen LogP) is 2.73. The van der Waals surface area contributed by atoms with Crippen LogP contribution in [0.25, 0.3) is 0 Å². The van der Waals surface area contributed by atoms with Gasteiger partial charge in [0, 0.05) is 26.3 Å². The number of alkyl halides is 3. The van der Waals surface area contributed by atoms with E-state index in [0.717, 1.165) is 19.3 Å². The minimum atomic E-state index is -4.07. The van der Waals surface area contributed by atoms with Crippen LogP contribution in [-0.2, 0) is 4.74 Å². The van der Waals surface area contributed by atoms with Gasteiger partial charge in [0.25, 0.3) is 0 Å². The summed E-state index contributed by atoms with van der Waals surface area (Å²) < 4.78 is 41.2. The molecule has 0 radical (unpaired) electrons. The lowest BCUT2D eigenvalue weighted by atomic mass is 10.0. The van der Waals surface area contributed by atoms with E-state index in [4.69, 9.17) is 4.74 Å². The largest absolute Gasteiger partial charge is 0.390 e. The van der Waals surface area contributed by atoms with Crippen molar-refractivity contribution in [1.29, 1.82) is 0 Å². The van der Waals surface area contributed by atoms with E-state index in [0.29, 0.717) is 13.2 Å². The number of hydrogen-bond donors (Lipinski definition) is 1. The Kier molecular flexibility index (Phi) is 4.62. The molecule has 0 aromatic heterocycles. The summed E-state index contributed by atoms with van der Waals surface area (Å²) in [4.78, 5) is 0. The fourth-order valence-electron chi connectivity index (χ4n) is 1.82.